The molecule has 0 aromatic carbocycles. The first kappa shape index (κ1) is 13.8. The molecule has 16 heavy (non-hydrogen) atoms. The van der Waals surface area contributed by atoms with E-state index in [4.69, 9.17) is 16.3 Å². The molecule has 0 fully saturated rings. The Morgan fingerprint density at radius 2 is 2.38 bits per heavy atom. The zero-order chi connectivity index (χ0) is 11.8. The molecule has 0 bridgehead atoms. The molecule has 3 nitrogen and oxygen atoms in total. The molecule has 0 amide bonds. The Kier molecular flexibility index (Phi) is 6.80. The number of pyridine rings is 1. The highest BCUT2D eigenvalue weighted by Crippen LogP contribution is 2.17. The van der Waals surface area contributed by atoms with Crippen LogP contribution in [0.15, 0.2) is 23.4 Å². The highest BCUT2D eigenvalue weighted by atomic mass is 35.5. The molecular weight excluding hydrogens is 244 g/mol. The molecule has 0 saturated heterocycles. The third kappa shape index (κ3) is 5.16. The smallest absolute Gasteiger partial charge is 0.0961 e. The number of rotatable bonds is 7. The maximum atomic E-state index is 5.77. The molecule has 1 atom stereocenters. The van der Waals surface area contributed by atoms with Gasteiger partial charge in [0.15, 0.2) is 0 Å². The number of nitrogens with one attached hydrogen (secondary N) is 1. The Bertz CT molecular complexity index is 289. The zero-order valence-electron chi connectivity index (χ0n) is 9.57. The SMILES string of the molecule is CCNC(COC)CSc1ccc(Cl)cn1. The molecule has 1 heterocycles. The Morgan fingerprint density at radius 3 is 2.94 bits per heavy atom. The van der Waals surface area contributed by atoms with Crippen LogP contribution in [0.25, 0.3) is 0 Å². The molecule has 0 aliphatic heterocycles. The Hall–Kier alpha value is -0.290. The topological polar surface area (TPSA) is 34.1 Å². The molecule has 1 aromatic heterocycles. The lowest BCUT2D eigenvalue weighted by atomic mass is 10.3. The predicted molar refractivity (Wildman–Crippen MR) is 69.3 cm³/mol. The average molecular weight is 261 g/mol. The van der Waals surface area contributed by atoms with Crippen molar-refractivity contribution in [3.8, 4) is 0 Å². The summed E-state index contributed by atoms with van der Waals surface area (Å²) in [6.45, 7) is 3.75. The van der Waals surface area contributed by atoms with Gasteiger partial charge < -0.3 is 10.1 Å². The first-order valence-electron chi connectivity index (χ1n) is 5.23. The van der Waals surface area contributed by atoms with Crippen molar-refractivity contribution in [2.45, 2.75) is 18.0 Å². The molecule has 0 radical (unpaired) electrons. The van der Waals surface area contributed by atoms with Gasteiger partial charge in [0.2, 0.25) is 0 Å². The Balaban J connectivity index is 2.38. The van der Waals surface area contributed by atoms with E-state index in [2.05, 4.69) is 17.2 Å². The number of methoxy groups -OCH3 is 1. The lowest BCUT2D eigenvalue weighted by molar-refractivity contribution is 0.174. The summed E-state index contributed by atoms with van der Waals surface area (Å²) in [6, 6.07) is 4.15. The highest BCUT2D eigenvalue weighted by Gasteiger charge is 2.07. The van der Waals surface area contributed by atoms with Crippen molar-refractivity contribution in [1.82, 2.24) is 10.3 Å². The van der Waals surface area contributed by atoms with Crippen molar-refractivity contribution >= 4 is 23.4 Å². The summed E-state index contributed by atoms with van der Waals surface area (Å²) in [4.78, 5) is 4.23. The number of nitrogens with zero attached hydrogens (tertiary/aromatic N) is 1. The van der Waals surface area contributed by atoms with Crippen molar-refractivity contribution in [2.75, 3.05) is 26.0 Å². The Labute approximate surface area is 106 Å². The number of ether oxygens (including phenoxy) is 1. The van der Waals surface area contributed by atoms with Gasteiger partial charge in [-0.25, -0.2) is 4.98 Å². The van der Waals surface area contributed by atoms with Crippen LogP contribution in [-0.2, 0) is 4.74 Å². The van der Waals surface area contributed by atoms with Crippen molar-refractivity contribution < 1.29 is 4.74 Å². The molecule has 90 valence electrons. The van der Waals surface area contributed by atoms with E-state index < -0.39 is 0 Å². The van der Waals surface area contributed by atoms with Gasteiger partial charge in [0.25, 0.3) is 0 Å². The summed E-state index contributed by atoms with van der Waals surface area (Å²) in [5.41, 5.74) is 0. The van der Waals surface area contributed by atoms with Gasteiger partial charge in [-0.05, 0) is 18.7 Å². The summed E-state index contributed by atoms with van der Waals surface area (Å²) < 4.78 is 5.15. The van der Waals surface area contributed by atoms with Crippen LogP contribution in [0.5, 0.6) is 0 Å². The second-order valence-corrected chi connectivity index (χ2v) is 4.81. The van der Waals surface area contributed by atoms with Crippen molar-refractivity contribution in [3.05, 3.63) is 23.4 Å². The number of hydrogen-bond donors (Lipinski definition) is 1. The van der Waals surface area contributed by atoms with E-state index in [1.807, 2.05) is 12.1 Å². The molecule has 0 aliphatic carbocycles. The van der Waals surface area contributed by atoms with E-state index >= 15 is 0 Å². The van der Waals surface area contributed by atoms with Crippen LogP contribution in [-0.4, -0.2) is 37.0 Å². The lowest BCUT2D eigenvalue weighted by Crippen LogP contribution is -2.35. The molecule has 5 heteroatoms. The van der Waals surface area contributed by atoms with Gasteiger partial charge in [0.05, 0.1) is 16.7 Å². The summed E-state index contributed by atoms with van der Waals surface area (Å²) in [5.74, 6) is 0.941. The summed E-state index contributed by atoms with van der Waals surface area (Å²) in [7, 11) is 1.72. The molecule has 0 spiro atoms. The molecule has 1 rings (SSSR count). The third-order valence-electron chi connectivity index (χ3n) is 1.99. The molecule has 1 aromatic rings. The highest BCUT2D eigenvalue weighted by molar-refractivity contribution is 7.99. The molecule has 0 aliphatic rings. The van der Waals surface area contributed by atoms with Crippen LogP contribution in [0.1, 0.15) is 6.92 Å². The standard InChI is InChI=1S/C11H17ClN2OS/c1-3-13-10(7-15-2)8-16-11-5-4-9(12)6-14-11/h4-6,10,13H,3,7-8H2,1-2H3. The fourth-order valence-corrected chi connectivity index (χ4v) is 2.28. The maximum absolute atomic E-state index is 5.77. The number of hydrogen-bond acceptors (Lipinski definition) is 4. The van der Waals surface area contributed by atoms with Crippen molar-refractivity contribution in [2.24, 2.45) is 0 Å². The molecule has 0 saturated carbocycles. The lowest BCUT2D eigenvalue weighted by Gasteiger charge is -2.15. The van der Waals surface area contributed by atoms with Crippen LogP contribution in [0.4, 0.5) is 0 Å². The normalized spacial score (nSPS) is 12.7. The van der Waals surface area contributed by atoms with E-state index in [0.29, 0.717) is 17.7 Å². The van der Waals surface area contributed by atoms with E-state index in [1.54, 1.807) is 25.1 Å². The van der Waals surface area contributed by atoms with Gasteiger partial charge >= 0.3 is 0 Å². The van der Waals surface area contributed by atoms with E-state index in [1.165, 1.54) is 0 Å². The van der Waals surface area contributed by atoms with Gasteiger partial charge in [0.1, 0.15) is 0 Å². The molecule has 1 N–H and O–H groups in total. The average Bonchev–Trinajstić information content (AvgIpc) is 2.29. The van der Waals surface area contributed by atoms with Gasteiger partial charge in [-0.2, -0.15) is 0 Å². The van der Waals surface area contributed by atoms with E-state index in [-0.39, 0.29) is 0 Å². The first-order valence-corrected chi connectivity index (χ1v) is 6.59. The van der Waals surface area contributed by atoms with E-state index in [0.717, 1.165) is 17.3 Å². The van der Waals surface area contributed by atoms with Crippen LogP contribution in [0.3, 0.4) is 0 Å². The maximum Gasteiger partial charge on any atom is 0.0961 e. The number of likely N-dealkylation sites (N-methyl/N-ethyl adjacent to an activating group) is 1. The van der Waals surface area contributed by atoms with Gasteiger partial charge in [-0.1, -0.05) is 18.5 Å². The van der Waals surface area contributed by atoms with Crippen LogP contribution in [0, 0.1) is 0 Å². The molecular formula is C11H17ClN2OS. The monoisotopic (exact) mass is 260 g/mol. The minimum Gasteiger partial charge on any atom is -0.383 e. The quantitative estimate of drug-likeness (QED) is 0.764. The van der Waals surface area contributed by atoms with Gasteiger partial charge in [-0.3, -0.25) is 0 Å². The second-order valence-electron chi connectivity index (χ2n) is 3.34. The zero-order valence-corrected chi connectivity index (χ0v) is 11.1. The first-order chi connectivity index (χ1) is 7.76. The van der Waals surface area contributed by atoms with Crippen molar-refractivity contribution in [1.29, 1.82) is 0 Å². The largest absolute Gasteiger partial charge is 0.383 e. The fraction of sp³-hybridized carbons (Fsp3) is 0.545. The van der Waals surface area contributed by atoms with Gasteiger partial charge in [0, 0.05) is 25.1 Å². The minimum absolute atomic E-state index is 0.359. The third-order valence-corrected chi connectivity index (χ3v) is 3.32. The number of thioether (sulfide) groups is 1. The minimum atomic E-state index is 0.359. The fourth-order valence-electron chi connectivity index (χ4n) is 1.29. The summed E-state index contributed by atoms with van der Waals surface area (Å²) in [6.07, 6.45) is 1.67. The second kappa shape index (κ2) is 7.90. The van der Waals surface area contributed by atoms with E-state index in [9.17, 15) is 0 Å². The van der Waals surface area contributed by atoms with Crippen LogP contribution in [0.2, 0.25) is 5.02 Å². The predicted octanol–water partition coefficient (Wildman–Crippen LogP) is 2.45. The van der Waals surface area contributed by atoms with Crippen molar-refractivity contribution in [3.63, 3.8) is 0 Å². The number of halogens is 1. The Morgan fingerprint density at radius 1 is 1.56 bits per heavy atom. The van der Waals surface area contributed by atoms with Crippen LogP contribution >= 0.6 is 23.4 Å². The number of aromatic nitrogens is 1. The summed E-state index contributed by atoms with van der Waals surface area (Å²) in [5, 5.41) is 5.03. The van der Waals surface area contributed by atoms with Gasteiger partial charge in [-0.15, -0.1) is 11.8 Å². The molecule has 1 unspecified atom stereocenters. The summed E-state index contributed by atoms with van der Waals surface area (Å²) >= 11 is 7.47. The van der Waals surface area contributed by atoms with Crippen LogP contribution < -0.4 is 5.32 Å².